The first-order valence-corrected chi connectivity index (χ1v) is 6.65. The molecule has 0 aliphatic carbocycles. The Kier molecular flexibility index (Phi) is 4.93. The van der Waals surface area contributed by atoms with Crippen molar-refractivity contribution in [3.63, 3.8) is 0 Å². The Bertz CT molecular complexity index is 733. The van der Waals surface area contributed by atoms with Gasteiger partial charge in [0.15, 0.2) is 5.96 Å². The minimum absolute atomic E-state index is 0.0722. The van der Waals surface area contributed by atoms with Crippen molar-refractivity contribution in [3.8, 4) is 5.75 Å². The number of aliphatic carboxylic acids is 1. The molecule has 2 rings (SSSR count). The van der Waals surface area contributed by atoms with E-state index in [9.17, 15) is 14.7 Å². The lowest BCUT2D eigenvalue weighted by Crippen LogP contribution is -2.24. The number of nitrogens with zero attached hydrogens (tertiary/aromatic N) is 1. The van der Waals surface area contributed by atoms with Crippen molar-refractivity contribution in [3.05, 3.63) is 59.7 Å². The quantitative estimate of drug-likeness (QED) is 0.348. The number of esters is 1. The van der Waals surface area contributed by atoms with E-state index in [-0.39, 0.29) is 12.4 Å². The summed E-state index contributed by atoms with van der Waals surface area (Å²) in [6, 6.07) is 12.4. The zero-order chi connectivity index (χ0) is 16.8. The molecule has 0 saturated heterocycles. The van der Waals surface area contributed by atoms with E-state index >= 15 is 0 Å². The number of carbonyl (C=O) groups excluding carboxylic acids is 2. The van der Waals surface area contributed by atoms with E-state index in [1.165, 1.54) is 24.3 Å². The predicted octanol–water partition coefficient (Wildman–Crippen LogP) is 0.103. The van der Waals surface area contributed by atoms with Crippen LogP contribution in [0.4, 0.5) is 5.69 Å². The molecule has 7 heteroatoms. The van der Waals surface area contributed by atoms with Gasteiger partial charge in [0.1, 0.15) is 5.75 Å². The molecular weight excluding hydrogens is 298 g/mol. The summed E-state index contributed by atoms with van der Waals surface area (Å²) in [6.45, 7) is 0. The molecule has 0 saturated carbocycles. The first-order chi connectivity index (χ1) is 10.9. The first kappa shape index (κ1) is 16.0. The van der Waals surface area contributed by atoms with Crippen molar-refractivity contribution in [2.75, 3.05) is 0 Å². The minimum Gasteiger partial charge on any atom is -0.550 e. The van der Waals surface area contributed by atoms with Crippen LogP contribution < -0.4 is 21.3 Å². The number of carboxylic acids is 1. The smallest absolute Gasteiger partial charge is 0.343 e. The largest absolute Gasteiger partial charge is 0.550 e. The van der Waals surface area contributed by atoms with Crippen LogP contribution in [0.15, 0.2) is 53.5 Å². The van der Waals surface area contributed by atoms with Gasteiger partial charge in [0, 0.05) is 12.4 Å². The van der Waals surface area contributed by atoms with Crippen molar-refractivity contribution in [2.45, 2.75) is 6.42 Å². The number of carboxylic acid groups (broad SMARTS) is 1. The molecule has 0 aliphatic rings. The zero-order valence-electron chi connectivity index (χ0n) is 12.1. The van der Waals surface area contributed by atoms with Crippen LogP contribution in [0.3, 0.4) is 0 Å². The molecule has 0 aliphatic heterocycles. The number of guanidine groups is 1. The summed E-state index contributed by atoms with van der Waals surface area (Å²) < 4.78 is 5.19. The summed E-state index contributed by atoms with van der Waals surface area (Å²) in [4.78, 5) is 26.3. The van der Waals surface area contributed by atoms with Crippen LogP contribution in [-0.2, 0) is 11.2 Å². The Morgan fingerprint density at radius 3 is 2.13 bits per heavy atom. The Morgan fingerprint density at radius 1 is 1.00 bits per heavy atom. The maximum Gasteiger partial charge on any atom is 0.343 e. The number of carbonyl (C=O) groups is 2. The molecule has 2 aromatic carbocycles. The minimum atomic E-state index is -1.17. The topological polar surface area (TPSA) is 131 Å². The molecule has 7 nitrogen and oxygen atoms in total. The Labute approximate surface area is 132 Å². The lowest BCUT2D eigenvalue weighted by atomic mass is 10.1. The average molecular weight is 312 g/mol. The Hall–Kier alpha value is -3.35. The van der Waals surface area contributed by atoms with Gasteiger partial charge in [0.2, 0.25) is 0 Å². The monoisotopic (exact) mass is 312 g/mol. The second kappa shape index (κ2) is 7.08. The van der Waals surface area contributed by atoms with E-state index in [2.05, 4.69) is 4.99 Å². The van der Waals surface area contributed by atoms with Gasteiger partial charge in [-0.1, -0.05) is 12.1 Å². The summed E-state index contributed by atoms with van der Waals surface area (Å²) in [7, 11) is 0. The van der Waals surface area contributed by atoms with E-state index in [1.807, 2.05) is 0 Å². The lowest BCUT2D eigenvalue weighted by molar-refractivity contribution is -0.304. The van der Waals surface area contributed by atoms with Gasteiger partial charge in [-0.25, -0.2) is 9.79 Å². The number of benzene rings is 2. The summed E-state index contributed by atoms with van der Waals surface area (Å²) in [5, 5.41) is 10.5. The maximum absolute atomic E-state index is 12.0. The van der Waals surface area contributed by atoms with Gasteiger partial charge in [0.25, 0.3) is 0 Å². The molecule has 0 bridgehead atoms. The summed E-state index contributed by atoms with van der Waals surface area (Å²) in [6.07, 6.45) is -0.194. The van der Waals surface area contributed by atoms with Crippen LogP contribution in [-0.4, -0.2) is 17.9 Å². The SMILES string of the molecule is NC(N)=Nc1ccc(C(=O)Oc2ccc(CC(=O)[O-])cc2)cc1. The number of hydrogen-bond acceptors (Lipinski definition) is 5. The van der Waals surface area contributed by atoms with Crippen LogP contribution in [0, 0.1) is 0 Å². The van der Waals surface area contributed by atoms with E-state index in [0.717, 1.165) is 0 Å². The lowest BCUT2D eigenvalue weighted by Gasteiger charge is -2.06. The van der Waals surface area contributed by atoms with Crippen molar-refractivity contribution < 1.29 is 19.4 Å². The molecular formula is C16H14N3O4-. The van der Waals surface area contributed by atoms with Gasteiger partial charge in [-0.05, 0) is 42.0 Å². The van der Waals surface area contributed by atoms with Gasteiger partial charge < -0.3 is 26.1 Å². The third kappa shape index (κ3) is 4.85. The normalized spacial score (nSPS) is 9.91. The fourth-order valence-corrected chi connectivity index (χ4v) is 1.83. The number of rotatable bonds is 5. The highest BCUT2D eigenvalue weighted by Gasteiger charge is 2.08. The Balaban J connectivity index is 2.03. The number of ether oxygens (including phenoxy) is 1. The second-order valence-electron chi connectivity index (χ2n) is 4.67. The molecule has 0 atom stereocenters. The molecule has 0 aromatic heterocycles. The molecule has 0 spiro atoms. The van der Waals surface area contributed by atoms with E-state index in [0.29, 0.717) is 22.6 Å². The molecule has 118 valence electrons. The highest BCUT2D eigenvalue weighted by molar-refractivity contribution is 5.91. The van der Waals surface area contributed by atoms with E-state index in [1.54, 1.807) is 24.3 Å². The standard InChI is InChI=1S/C16H15N3O4/c17-16(18)19-12-5-3-11(4-6-12)15(22)23-13-7-1-10(2-8-13)9-14(20)21/h1-8H,9H2,(H,20,21)(H4,17,18,19)/p-1. The van der Waals surface area contributed by atoms with E-state index < -0.39 is 11.9 Å². The fourth-order valence-electron chi connectivity index (χ4n) is 1.83. The highest BCUT2D eigenvalue weighted by atomic mass is 16.5. The van der Waals surface area contributed by atoms with Gasteiger partial charge in [-0.3, -0.25) is 0 Å². The van der Waals surface area contributed by atoms with Crippen molar-refractivity contribution >= 4 is 23.6 Å². The average Bonchev–Trinajstić information content (AvgIpc) is 2.49. The van der Waals surface area contributed by atoms with Crippen molar-refractivity contribution in [1.82, 2.24) is 0 Å². The molecule has 4 N–H and O–H groups in total. The van der Waals surface area contributed by atoms with Gasteiger partial charge >= 0.3 is 5.97 Å². The van der Waals surface area contributed by atoms with Crippen LogP contribution >= 0.6 is 0 Å². The number of aliphatic imine (C=N–C) groups is 1. The Morgan fingerprint density at radius 2 is 1.61 bits per heavy atom. The van der Waals surface area contributed by atoms with E-state index in [4.69, 9.17) is 16.2 Å². The third-order valence-corrected chi connectivity index (χ3v) is 2.84. The van der Waals surface area contributed by atoms with Crippen LogP contribution in [0.25, 0.3) is 0 Å². The summed E-state index contributed by atoms with van der Waals surface area (Å²) in [5.41, 5.74) is 11.9. The van der Waals surface area contributed by atoms with Crippen LogP contribution in [0.5, 0.6) is 5.75 Å². The molecule has 0 unspecified atom stereocenters. The number of nitrogens with two attached hydrogens (primary N) is 2. The molecule has 0 radical (unpaired) electrons. The first-order valence-electron chi connectivity index (χ1n) is 6.65. The third-order valence-electron chi connectivity index (χ3n) is 2.84. The molecule has 23 heavy (non-hydrogen) atoms. The summed E-state index contributed by atoms with van der Waals surface area (Å²) in [5.74, 6) is -1.48. The maximum atomic E-state index is 12.0. The molecule has 0 amide bonds. The second-order valence-corrected chi connectivity index (χ2v) is 4.67. The highest BCUT2D eigenvalue weighted by Crippen LogP contribution is 2.17. The number of hydrogen-bond donors (Lipinski definition) is 2. The zero-order valence-corrected chi connectivity index (χ0v) is 12.1. The fraction of sp³-hybridized carbons (Fsp3) is 0.0625. The molecule has 0 fully saturated rings. The van der Waals surface area contributed by atoms with Crippen LogP contribution in [0.2, 0.25) is 0 Å². The molecule has 2 aromatic rings. The van der Waals surface area contributed by atoms with Gasteiger partial charge in [-0.2, -0.15) is 0 Å². The van der Waals surface area contributed by atoms with Crippen LogP contribution in [0.1, 0.15) is 15.9 Å². The molecule has 0 heterocycles. The van der Waals surface area contributed by atoms with Gasteiger partial charge in [-0.15, -0.1) is 0 Å². The van der Waals surface area contributed by atoms with Crippen molar-refractivity contribution in [2.24, 2.45) is 16.5 Å². The van der Waals surface area contributed by atoms with Gasteiger partial charge in [0.05, 0.1) is 11.3 Å². The summed E-state index contributed by atoms with van der Waals surface area (Å²) >= 11 is 0. The van der Waals surface area contributed by atoms with Crippen molar-refractivity contribution in [1.29, 1.82) is 0 Å². The predicted molar refractivity (Wildman–Crippen MR) is 82.0 cm³/mol.